The van der Waals surface area contributed by atoms with Crippen LogP contribution in [-0.2, 0) is 24.1 Å². The molecular formula is C26H20F2N4O. The van der Waals surface area contributed by atoms with Crippen molar-refractivity contribution in [3.8, 4) is 22.5 Å². The van der Waals surface area contributed by atoms with Crippen LogP contribution in [0, 0.1) is 11.6 Å². The minimum Gasteiger partial charge on any atom is -0.399 e. The molecule has 3 N–H and O–H groups in total. The molecule has 1 aliphatic rings. The Balaban J connectivity index is 1.53. The van der Waals surface area contributed by atoms with Crippen LogP contribution >= 0.6 is 0 Å². The molecule has 0 atom stereocenters. The molecule has 0 fully saturated rings. The van der Waals surface area contributed by atoms with E-state index in [1.165, 1.54) is 6.07 Å². The molecule has 5 nitrogen and oxygen atoms in total. The number of aromatic nitrogens is 2. The Hall–Kier alpha value is -4.13. The van der Waals surface area contributed by atoms with Crippen molar-refractivity contribution in [2.24, 2.45) is 0 Å². The van der Waals surface area contributed by atoms with Gasteiger partial charge in [0.25, 0.3) is 0 Å². The standard InChI is InChI=1S/C26H20F2N4O/c27-20-10-6-15(12-21(20)28)13-23(33)31-26-24(16-4-2-1-3-5-16)32-25-19-9-8-18(29)14-17(19)7-11-22(25)30-26/h1-6,8-10,12,14H,7,11,13,29H2,(H,30,31,33). The molecule has 0 bridgehead atoms. The van der Waals surface area contributed by atoms with Gasteiger partial charge in [0, 0.05) is 16.8 Å². The number of nitrogens with zero attached hydrogens (tertiary/aromatic N) is 2. The molecule has 0 saturated carbocycles. The summed E-state index contributed by atoms with van der Waals surface area (Å²) in [6, 6.07) is 18.6. The molecule has 1 aliphatic carbocycles. The van der Waals surface area contributed by atoms with Crippen molar-refractivity contribution in [3.63, 3.8) is 0 Å². The Morgan fingerprint density at radius 2 is 1.73 bits per heavy atom. The first-order chi connectivity index (χ1) is 16.0. The molecular weight excluding hydrogens is 422 g/mol. The summed E-state index contributed by atoms with van der Waals surface area (Å²) in [5, 5.41) is 2.83. The lowest BCUT2D eigenvalue weighted by Gasteiger charge is -2.21. The van der Waals surface area contributed by atoms with Crippen LogP contribution in [0.3, 0.4) is 0 Å². The van der Waals surface area contributed by atoms with Crippen molar-refractivity contribution in [1.82, 2.24) is 9.97 Å². The van der Waals surface area contributed by atoms with E-state index in [1.807, 2.05) is 48.5 Å². The lowest BCUT2D eigenvalue weighted by molar-refractivity contribution is -0.115. The van der Waals surface area contributed by atoms with Crippen LogP contribution in [0.2, 0.25) is 0 Å². The third-order valence-corrected chi connectivity index (χ3v) is 5.64. The van der Waals surface area contributed by atoms with Crippen LogP contribution in [-0.4, -0.2) is 15.9 Å². The predicted molar refractivity (Wildman–Crippen MR) is 123 cm³/mol. The number of anilines is 2. The van der Waals surface area contributed by atoms with Crippen LogP contribution < -0.4 is 11.1 Å². The number of hydrogen-bond acceptors (Lipinski definition) is 4. The van der Waals surface area contributed by atoms with Gasteiger partial charge in [-0.2, -0.15) is 0 Å². The van der Waals surface area contributed by atoms with Gasteiger partial charge >= 0.3 is 0 Å². The highest BCUT2D eigenvalue weighted by Gasteiger charge is 2.23. The van der Waals surface area contributed by atoms with Crippen LogP contribution in [0.4, 0.5) is 20.3 Å². The summed E-state index contributed by atoms with van der Waals surface area (Å²) >= 11 is 0. The Kier molecular flexibility index (Phi) is 5.30. The summed E-state index contributed by atoms with van der Waals surface area (Å²) in [6.45, 7) is 0. The van der Waals surface area contributed by atoms with Gasteiger partial charge in [-0.3, -0.25) is 4.79 Å². The summed E-state index contributed by atoms with van der Waals surface area (Å²) in [4.78, 5) is 22.4. The molecule has 7 heteroatoms. The van der Waals surface area contributed by atoms with Crippen molar-refractivity contribution < 1.29 is 13.6 Å². The third-order valence-electron chi connectivity index (χ3n) is 5.64. The first-order valence-corrected chi connectivity index (χ1v) is 10.6. The molecule has 0 saturated heterocycles. The van der Waals surface area contributed by atoms with Gasteiger partial charge in [0.2, 0.25) is 5.91 Å². The highest BCUT2D eigenvalue weighted by Crippen LogP contribution is 2.36. The van der Waals surface area contributed by atoms with Crippen molar-refractivity contribution in [3.05, 3.63) is 95.2 Å². The van der Waals surface area contributed by atoms with Crippen molar-refractivity contribution in [2.45, 2.75) is 19.3 Å². The highest BCUT2D eigenvalue weighted by atomic mass is 19.2. The van der Waals surface area contributed by atoms with E-state index in [4.69, 9.17) is 15.7 Å². The molecule has 1 aromatic heterocycles. The molecule has 1 amide bonds. The Morgan fingerprint density at radius 1 is 0.909 bits per heavy atom. The zero-order valence-electron chi connectivity index (χ0n) is 17.6. The predicted octanol–water partition coefficient (Wildman–Crippen LogP) is 4.95. The number of aryl methyl sites for hydroxylation is 2. The average molecular weight is 442 g/mol. The maximum Gasteiger partial charge on any atom is 0.230 e. The number of halogens is 2. The molecule has 5 rings (SSSR count). The van der Waals surface area contributed by atoms with Gasteiger partial charge in [0.1, 0.15) is 5.69 Å². The van der Waals surface area contributed by atoms with E-state index >= 15 is 0 Å². The molecule has 0 radical (unpaired) electrons. The van der Waals surface area contributed by atoms with Gasteiger partial charge in [0.05, 0.1) is 17.8 Å². The van der Waals surface area contributed by atoms with E-state index in [9.17, 15) is 13.6 Å². The first kappa shape index (κ1) is 20.8. The summed E-state index contributed by atoms with van der Waals surface area (Å²) < 4.78 is 26.8. The second kappa shape index (κ2) is 8.43. The quantitative estimate of drug-likeness (QED) is 0.438. The van der Waals surface area contributed by atoms with Gasteiger partial charge in [-0.25, -0.2) is 18.7 Å². The first-order valence-electron chi connectivity index (χ1n) is 10.6. The maximum atomic E-state index is 13.5. The van der Waals surface area contributed by atoms with E-state index in [1.54, 1.807) is 0 Å². The molecule has 1 heterocycles. The monoisotopic (exact) mass is 442 g/mol. The lowest BCUT2D eigenvalue weighted by atomic mass is 9.91. The number of amides is 1. The number of rotatable bonds is 4. The van der Waals surface area contributed by atoms with Gasteiger partial charge in [-0.1, -0.05) is 42.5 Å². The number of nitrogens with two attached hydrogens (primary N) is 1. The number of carbonyl (C=O) groups is 1. The number of benzene rings is 3. The van der Waals surface area contributed by atoms with Gasteiger partial charge in [0.15, 0.2) is 17.5 Å². The smallest absolute Gasteiger partial charge is 0.230 e. The van der Waals surface area contributed by atoms with Crippen LogP contribution in [0.5, 0.6) is 0 Å². The Morgan fingerprint density at radius 3 is 2.52 bits per heavy atom. The zero-order valence-corrected chi connectivity index (χ0v) is 17.6. The summed E-state index contributed by atoms with van der Waals surface area (Å²) in [5.41, 5.74) is 12.0. The third kappa shape index (κ3) is 4.17. The van der Waals surface area contributed by atoms with E-state index in [-0.39, 0.29) is 6.42 Å². The summed E-state index contributed by atoms with van der Waals surface area (Å²) in [5.74, 6) is -1.99. The number of nitrogen functional groups attached to an aromatic ring is 1. The second-order valence-corrected chi connectivity index (χ2v) is 7.97. The van der Waals surface area contributed by atoms with Gasteiger partial charge < -0.3 is 11.1 Å². The molecule has 0 aliphatic heterocycles. The summed E-state index contributed by atoms with van der Waals surface area (Å²) in [7, 11) is 0. The fourth-order valence-corrected chi connectivity index (χ4v) is 4.06. The normalized spacial score (nSPS) is 12.1. The average Bonchev–Trinajstić information content (AvgIpc) is 2.81. The number of carbonyl (C=O) groups excluding carboxylic acids is 1. The van der Waals surface area contributed by atoms with E-state index < -0.39 is 17.5 Å². The minimum absolute atomic E-state index is 0.119. The molecule has 164 valence electrons. The van der Waals surface area contributed by atoms with Crippen LogP contribution in [0.25, 0.3) is 22.5 Å². The SMILES string of the molecule is Nc1ccc2c(c1)CCc1nc(NC(=O)Cc3ccc(F)c(F)c3)c(-c3ccccc3)nc1-2. The number of hydrogen-bond donors (Lipinski definition) is 2. The summed E-state index contributed by atoms with van der Waals surface area (Å²) in [6.07, 6.45) is 1.32. The van der Waals surface area contributed by atoms with E-state index in [0.29, 0.717) is 29.2 Å². The van der Waals surface area contributed by atoms with Gasteiger partial charge in [-0.05, 0) is 48.2 Å². The fraction of sp³-hybridized carbons (Fsp3) is 0.115. The van der Waals surface area contributed by atoms with Crippen molar-refractivity contribution in [1.29, 1.82) is 0 Å². The minimum atomic E-state index is -0.988. The number of nitrogens with one attached hydrogen (secondary N) is 1. The molecule has 3 aromatic carbocycles. The van der Waals surface area contributed by atoms with E-state index in [2.05, 4.69) is 5.32 Å². The maximum absolute atomic E-state index is 13.5. The van der Waals surface area contributed by atoms with Crippen LogP contribution in [0.1, 0.15) is 16.8 Å². The van der Waals surface area contributed by atoms with Crippen molar-refractivity contribution in [2.75, 3.05) is 11.1 Å². The molecule has 0 unspecified atom stereocenters. The Bertz CT molecular complexity index is 1370. The topological polar surface area (TPSA) is 80.9 Å². The molecule has 0 spiro atoms. The van der Waals surface area contributed by atoms with Crippen LogP contribution in [0.15, 0.2) is 66.7 Å². The number of fused-ring (bicyclic) bond motifs is 3. The largest absolute Gasteiger partial charge is 0.399 e. The highest BCUT2D eigenvalue weighted by molar-refractivity contribution is 5.95. The van der Waals surface area contributed by atoms with Crippen molar-refractivity contribution >= 4 is 17.4 Å². The molecule has 4 aromatic rings. The fourth-order valence-electron chi connectivity index (χ4n) is 4.06. The Labute approximate surface area is 189 Å². The zero-order chi connectivity index (χ0) is 22.9. The molecule has 33 heavy (non-hydrogen) atoms. The second-order valence-electron chi connectivity index (χ2n) is 7.97. The van der Waals surface area contributed by atoms with Gasteiger partial charge in [-0.15, -0.1) is 0 Å². The lowest BCUT2D eigenvalue weighted by Crippen LogP contribution is -2.19. The van der Waals surface area contributed by atoms with E-state index in [0.717, 1.165) is 46.6 Å².